The smallest absolute Gasteiger partial charge is 0.176 e. The van der Waals surface area contributed by atoms with Gasteiger partial charge in [-0.25, -0.2) is 4.39 Å². The molecule has 120 valence electrons. The SMILES string of the molecule is C#CCOc1c(Br)cc(/C=C(/C#N)c2ccc(F)cc2)cc1OC. The van der Waals surface area contributed by atoms with Crippen molar-refractivity contribution < 1.29 is 13.9 Å². The lowest BCUT2D eigenvalue weighted by molar-refractivity contribution is 0.329. The zero-order chi connectivity index (χ0) is 17.5. The molecule has 2 aromatic carbocycles. The second-order valence-corrected chi connectivity index (χ2v) is 5.56. The van der Waals surface area contributed by atoms with Crippen molar-refractivity contribution in [1.29, 1.82) is 5.26 Å². The second-order valence-electron chi connectivity index (χ2n) is 4.70. The lowest BCUT2D eigenvalue weighted by atomic mass is 10.0. The van der Waals surface area contributed by atoms with Gasteiger partial charge in [0.05, 0.1) is 23.2 Å². The summed E-state index contributed by atoms with van der Waals surface area (Å²) in [5.74, 6) is 3.02. The van der Waals surface area contributed by atoms with Gasteiger partial charge in [-0.2, -0.15) is 5.26 Å². The Hall–Kier alpha value is -2.76. The average Bonchev–Trinajstić information content (AvgIpc) is 2.59. The number of allylic oxidation sites excluding steroid dienone is 1. The minimum absolute atomic E-state index is 0.114. The minimum atomic E-state index is -0.351. The van der Waals surface area contributed by atoms with Gasteiger partial charge in [0.2, 0.25) is 0 Å². The maximum absolute atomic E-state index is 13.0. The lowest BCUT2D eigenvalue weighted by Gasteiger charge is -2.12. The number of benzene rings is 2. The molecular weight excluding hydrogens is 373 g/mol. The Morgan fingerprint density at radius 1 is 1.33 bits per heavy atom. The third-order valence-electron chi connectivity index (χ3n) is 3.14. The molecule has 0 bridgehead atoms. The maximum atomic E-state index is 13.0. The van der Waals surface area contributed by atoms with Crippen LogP contribution in [0.15, 0.2) is 40.9 Å². The summed E-state index contributed by atoms with van der Waals surface area (Å²) in [5, 5.41) is 9.37. The summed E-state index contributed by atoms with van der Waals surface area (Å²) in [7, 11) is 1.52. The van der Waals surface area contributed by atoms with E-state index in [2.05, 4.69) is 27.9 Å². The van der Waals surface area contributed by atoms with Gasteiger partial charge in [0.1, 0.15) is 12.4 Å². The van der Waals surface area contributed by atoms with Crippen molar-refractivity contribution in [3.63, 3.8) is 0 Å². The molecule has 0 fully saturated rings. The molecule has 24 heavy (non-hydrogen) atoms. The monoisotopic (exact) mass is 385 g/mol. The summed E-state index contributed by atoms with van der Waals surface area (Å²) in [6.07, 6.45) is 6.89. The third-order valence-corrected chi connectivity index (χ3v) is 3.73. The number of rotatable bonds is 5. The molecule has 0 atom stereocenters. The van der Waals surface area contributed by atoms with Gasteiger partial charge in [-0.3, -0.25) is 0 Å². The van der Waals surface area contributed by atoms with Crippen LogP contribution in [0.5, 0.6) is 11.5 Å². The van der Waals surface area contributed by atoms with E-state index < -0.39 is 0 Å². The zero-order valence-electron chi connectivity index (χ0n) is 12.8. The fourth-order valence-electron chi connectivity index (χ4n) is 2.05. The molecule has 0 saturated carbocycles. The molecule has 0 spiro atoms. The highest BCUT2D eigenvalue weighted by Crippen LogP contribution is 2.37. The van der Waals surface area contributed by atoms with E-state index in [-0.39, 0.29) is 12.4 Å². The van der Waals surface area contributed by atoms with Gasteiger partial charge >= 0.3 is 0 Å². The predicted molar refractivity (Wildman–Crippen MR) is 94.9 cm³/mol. The Morgan fingerprint density at radius 3 is 2.62 bits per heavy atom. The van der Waals surface area contributed by atoms with Crippen LogP contribution in [0.25, 0.3) is 11.6 Å². The van der Waals surface area contributed by atoms with Crippen molar-refractivity contribution in [3.05, 3.63) is 57.8 Å². The highest BCUT2D eigenvalue weighted by Gasteiger charge is 2.11. The number of nitriles is 1. The van der Waals surface area contributed by atoms with Gasteiger partial charge in [0.15, 0.2) is 11.5 Å². The topological polar surface area (TPSA) is 42.2 Å². The lowest BCUT2D eigenvalue weighted by Crippen LogP contribution is -1.98. The first-order chi connectivity index (χ1) is 11.6. The van der Waals surface area contributed by atoms with E-state index in [4.69, 9.17) is 15.9 Å². The number of hydrogen-bond acceptors (Lipinski definition) is 3. The van der Waals surface area contributed by atoms with Gasteiger partial charge < -0.3 is 9.47 Å². The van der Waals surface area contributed by atoms with Gasteiger partial charge in [0.25, 0.3) is 0 Å². The fourth-order valence-corrected chi connectivity index (χ4v) is 2.63. The molecule has 2 aromatic rings. The van der Waals surface area contributed by atoms with E-state index in [0.717, 1.165) is 5.56 Å². The summed E-state index contributed by atoms with van der Waals surface area (Å²) >= 11 is 3.41. The fraction of sp³-hybridized carbons (Fsp3) is 0.105. The van der Waals surface area contributed by atoms with Crippen LogP contribution in [0.2, 0.25) is 0 Å². The minimum Gasteiger partial charge on any atom is -0.493 e. The summed E-state index contributed by atoms with van der Waals surface area (Å²) in [5.41, 5.74) is 1.76. The molecule has 3 nitrogen and oxygen atoms in total. The first kappa shape index (κ1) is 17.6. The van der Waals surface area contributed by atoms with Gasteiger partial charge in [-0.1, -0.05) is 18.1 Å². The van der Waals surface area contributed by atoms with Crippen molar-refractivity contribution in [2.24, 2.45) is 0 Å². The Morgan fingerprint density at radius 2 is 2.04 bits per heavy atom. The van der Waals surface area contributed by atoms with Crippen LogP contribution >= 0.6 is 15.9 Å². The van der Waals surface area contributed by atoms with Crippen molar-refractivity contribution in [2.45, 2.75) is 0 Å². The van der Waals surface area contributed by atoms with E-state index in [1.54, 1.807) is 30.3 Å². The Labute approximate surface area is 148 Å². The van der Waals surface area contributed by atoms with Crippen LogP contribution in [0.1, 0.15) is 11.1 Å². The number of methoxy groups -OCH3 is 1. The molecule has 0 aliphatic carbocycles. The van der Waals surface area contributed by atoms with E-state index in [9.17, 15) is 9.65 Å². The third kappa shape index (κ3) is 4.16. The summed E-state index contributed by atoms with van der Waals surface area (Å²) in [4.78, 5) is 0. The molecule has 0 unspecified atom stereocenters. The van der Waals surface area contributed by atoms with Gasteiger partial charge in [-0.05, 0) is 57.4 Å². The molecular formula is C19H13BrFNO2. The van der Waals surface area contributed by atoms with Gasteiger partial charge in [0, 0.05) is 0 Å². The number of halogens is 2. The van der Waals surface area contributed by atoms with E-state index >= 15 is 0 Å². The van der Waals surface area contributed by atoms with Gasteiger partial charge in [-0.15, -0.1) is 6.42 Å². The van der Waals surface area contributed by atoms with Crippen LogP contribution in [0.4, 0.5) is 4.39 Å². The predicted octanol–water partition coefficient (Wildman–Crippen LogP) is 4.67. The standard InChI is InChI=1S/C19H13BrFNO2/c1-3-8-24-19-17(20)10-13(11-18(19)23-2)9-15(12-22)14-4-6-16(21)7-5-14/h1,4-7,9-11H,8H2,2H3/b15-9-. The number of ether oxygens (including phenoxy) is 2. The molecule has 5 heteroatoms. The largest absolute Gasteiger partial charge is 0.493 e. The van der Waals surface area contributed by atoms with Crippen LogP contribution in [0.3, 0.4) is 0 Å². The normalized spacial score (nSPS) is 10.6. The Kier molecular flexibility index (Phi) is 6.01. The molecule has 0 N–H and O–H groups in total. The summed E-state index contributed by atoms with van der Waals surface area (Å²) < 4.78 is 24.5. The van der Waals surface area contributed by atoms with Crippen molar-refractivity contribution in [1.82, 2.24) is 0 Å². The van der Waals surface area contributed by atoms with Crippen LogP contribution in [0, 0.1) is 29.5 Å². The van der Waals surface area contributed by atoms with E-state index in [0.29, 0.717) is 27.1 Å². The Balaban J connectivity index is 2.44. The summed E-state index contributed by atoms with van der Waals surface area (Å²) in [6, 6.07) is 11.4. The molecule has 0 aliphatic heterocycles. The molecule has 0 saturated heterocycles. The molecule has 0 amide bonds. The van der Waals surface area contributed by atoms with Crippen LogP contribution < -0.4 is 9.47 Å². The highest BCUT2D eigenvalue weighted by molar-refractivity contribution is 9.10. The second kappa shape index (κ2) is 8.19. The van der Waals surface area contributed by atoms with E-state index in [1.807, 2.05) is 0 Å². The number of nitrogens with zero attached hydrogens (tertiary/aromatic N) is 1. The zero-order valence-corrected chi connectivity index (χ0v) is 14.4. The molecule has 0 heterocycles. The summed E-state index contributed by atoms with van der Waals surface area (Å²) in [6.45, 7) is 0.114. The quantitative estimate of drug-likeness (QED) is 0.426. The first-order valence-corrected chi connectivity index (χ1v) is 7.70. The van der Waals surface area contributed by atoms with Crippen molar-refractivity contribution in [3.8, 4) is 29.9 Å². The molecule has 2 rings (SSSR count). The average molecular weight is 386 g/mol. The highest BCUT2D eigenvalue weighted by atomic mass is 79.9. The maximum Gasteiger partial charge on any atom is 0.176 e. The van der Waals surface area contributed by atoms with Crippen molar-refractivity contribution in [2.75, 3.05) is 13.7 Å². The van der Waals surface area contributed by atoms with E-state index in [1.165, 1.54) is 19.2 Å². The first-order valence-electron chi connectivity index (χ1n) is 6.90. The number of hydrogen-bond donors (Lipinski definition) is 0. The molecule has 0 radical (unpaired) electrons. The molecule has 0 aromatic heterocycles. The number of terminal acetylenes is 1. The van der Waals surface area contributed by atoms with Crippen molar-refractivity contribution >= 4 is 27.6 Å². The van der Waals surface area contributed by atoms with Crippen LogP contribution in [-0.4, -0.2) is 13.7 Å². The Bertz CT molecular complexity index is 845. The molecule has 0 aliphatic rings. The van der Waals surface area contributed by atoms with Crippen LogP contribution in [-0.2, 0) is 0 Å².